The highest BCUT2D eigenvalue weighted by molar-refractivity contribution is 5.85. The molecule has 26 heavy (non-hydrogen) atoms. The van der Waals surface area contributed by atoms with Crippen LogP contribution in [-0.2, 0) is 5.41 Å². The normalized spacial score (nSPS) is 17.2. The lowest BCUT2D eigenvalue weighted by Crippen LogP contribution is -2.36. The van der Waals surface area contributed by atoms with Crippen LogP contribution in [0.15, 0.2) is 54.6 Å². The Labute approximate surface area is 164 Å². The Bertz CT molecular complexity index is 637. The molecule has 0 saturated heterocycles. The molecule has 0 amide bonds. The first kappa shape index (κ1) is 20.8. The van der Waals surface area contributed by atoms with Gasteiger partial charge in [0.2, 0.25) is 0 Å². The number of rotatable bonds is 7. The molecule has 1 fully saturated rings. The summed E-state index contributed by atoms with van der Waals surface area (Å²) in [6.07, 6.45) is 7.94. The Morgan fingerprint density at radius 2 is 1.54 bits per heavy atom. The van der Waals surface area contributed by atoms with Crippen LogP contribution in [0.2, 0.25) is 0 Å². The number of ether oxygens (including phenoxy) is 1. The van der Waals surface area contributed by atoms with Crippen molar-refractivity contribution in [2.24, 2.45) is 0 Å². The predicted octanol–water partition coefficient (Wildman–Crippen LogP) is 5.74. The molecule has 0 bridgehead atoms. The fourth-order valence-electron chi connectivity index (χ4n) is 4.05. The van der Waals surface area contributed by atoms with Crippen LogP contribution in [0.1, 0.15) is 56.6 Å². The standard InChI is InChI=1S/C23H31NO.ClH/c1-23(19-9-5-3-6-10-19,20-13-15-22(25-2)16-14-20)17-18-24-21-11-7-4-8-12-21;/h3,5-6,9-10,13-16,21,24H,4,7-8,11-12,17-18H2,1-2H3;1H. The first-order chi connectivity index (χ1) is 12.2. The summed E-state index contributed by atoms with van der Waals surface area (Å²) in [5, 5.41) is 3.81. The summed E-state index contributed by atoms with van der Waals surface area (Å²) in [4.78, 5) is 0. The predicted molar refractivity (Wildman–Crippen MR) is 113 cm³/mol. The average molecular weight is 374 g/mol. The Hall–Kier alpha value is -1.51. The van der Waals surface area contributed by atoms with E-state index in [0.717, 1.165) is 18.7 Å². The minimum Gasteiger partial charge on any atom is -0.497 e. The van der Waals surface area contributed by atoms with Gasteiger partial charge < -0.3 is 10.1 Å². The van der Waals surface area contributed by atoms with Gasteiger partial charge in [0.15, 0.2) is 0 Å². The zero-order valence-corrected chi connectivity index (χ0v) is 16.9. The third-order valence-electron chi connectivity index (χ3n) is 5.80. The molecule has 0 aromatic heterocycles. The lowest BCUT2D eigenvalue weighted by molar-refractivity contribution is 0.358. The van der Waals surface area contributed by atoms with Gasteiger partial charge in [0.05, 0.1) is 7.11 Å². The molecule has 2 aromatic carbocycles. The number of halogens is 1. The highest BCUT2D eigenvalue weighted by Crippen LogP contribution is 2.36. The number of benzene rings is 2. The van der Waals surface area contributed by atoms with E-state index >= 15 is 0 Å². The number of nitrogens with one attached hydrogen (secondary N) is 1. The molecule has 3 heteroatoms. The monoisotopic (exact) mass is 373 g/mol. The van der Waals surface area contributed by atoms with Gasteiger partial charge in [-0.1, -0.05) is 68.7 Å². The number of hydrogen-bond donors (Lipinski definition) is 1. The van der Waals surface area contributed by atoms with Crippen LogP contribution in [0.5, 0.6) is 5.75 Å². The zero-order chi connectivity index (χ0) is 17.5. The van der Waals surface area contributed by atoms with Crippen molar-refractivity contribution in [3.8, 4) is 5.75 Å². The van der Waals surface area contributed by atoms with Gasteiger partial charge >= 0.3 is 0 Å². The Morgan fingerprint density at radius 3 is 2.15 bits per heavy atom. The van der Waals surface area contributed by atoms with E-state index in [-0.39, 0.29) is 17.8 Å². The van der Waals surface area contributed by atoms with E-state index in [0.29, 0.717) is 6.04 Å². The van der Waals surface area contributed by atoms with Crippen molar-refractivity contribution in [2.45, 2.75) is 56.9 Å². The first-order valence-corrected chi connectivity index (χ1v) is 9.66. The Morgan fingerprint density at radius 1 is 0.923 bits per heavy atom. The highest BCUT2D eigenvalue weighted by Gasteiger charge is 2.28. The van der Waals surface area contributed by atoms with Crippen LogP contribution in [0.3, 0.4) is 0 Å². The Balaban J connectivity index is 0.00000243. The van der Waals surface area contributed by atoms with Crippen molar-refractivity contribution >= 4 is 12.4 Å². The maximum atomic E-state index is 5.34. The van der Waals surface area contributed by atoms with E-state index in [1.54, 1.807) is 7.11 Å². The van der Waals surface area contributed by atoms with Gasteiger partial charge in [-0.05, 0) is 49.1 Å². The van der Waals surface area contributed by atoms with Crippen molar-refractivity contribution in [3.63, 3.8) is 0 Å². The molecule has 2 aromatic rings. The molecule has 1 aliphatic rings. The molecule has 1 N–H and O–H groups in total. The molecular weight excluding hydrogens is 342 g/mol. The molecule has 1 aliphatic carbocycles. The second-order valence-electron chi connectivity index (χ2n) is 7.47. The van der Waals surface area contributed by atoms with Crippen LogP contribution in [0.4, 0.5) is 0 Å². The van der Waals surface area contributed by atoms with Crippen LogP contribution in [0, 0.1) is 0 Å². The van der Waals surface area contributed by atoms with Crippen molar-refractivity contribution in [1.29, 1.82) is 0 Å². The van der Waals surface area contributed by atoms with Crippen molar-refractivity contribution in [3.05, 3.63) is 65.7 Å². The second-order valence-corrected chi connectivity index (χ2v) is 7.47. The summed E-state index contributed by atoms with van der Waals surface area (Å²) in [7, 11) is 1.72. The SMILES string of the molecule is COc1ccc(C(C)(CCNC2CCCCC2)c2ccccc2)cc1.Cl. The Kier molecular flexibility index (Phi) is 7.99. The lowest BCUT2D eigenvalue weighted by Gasteiger charge is -2.33. The fraction of sp³-hybridized carbons (Fsp3) is 0.478. The molecule has 142 valence electrons. The quantitative estimate of drug-likeness (QED) is 0.668. The smallest absolute Gasteiger partial charge is 0.118 e. The summed E-state index contributed by atoms with van der Waals surface area (Å²) in [5.74, 6) is 0.916. The van der Waals surface area contributed by atoms with Gasteiger partial charge in [-0.15, -0.1) is 12.4 Å². The van der Waals surface area contributed by atoms with Gasteiger partial charge in [0.1, 0.15) is 5.75 Å². The van der Waals surface area contributed by atoms with Crippen LogP contribution in [-0.4, -0.2) is 19.7 Å². The third kappa shape index (κ3) is 5.02. The largest absolute Gasteiger partial charge is 0.497 e. The maximum absolute atomic E-state index is 5.34. The van der Waals surface area contributed by atoms with E-state index < -0.39 is 0 Å². The summed E-state index contributed by atoms with van der Waals surface area (Å²) in [5.41, 5.74) is 2.74. The van der Waals surface area contributed by atoms with E-state index in [1.165, 1.54) is 43.2 Å². The van der Waals surface area contributed by atoms with Gasteiger partial charge in [-0.3, -0.25) is 0 Å². The molecule has 1 atom stereocenters. The second kappa shape index (κ2) is 9.99. The molecule has 0 radical (unpaired) electrons. The molecule has 0 heterocycles. The van der Waals surface area contributed by atoms with E-state index in [9.17, 15) is 0 Å². The number of methoxy groups -OCH3 is 1. The fourth-order valence-corrected chi connectivity index (χ4v) is 4.05. The molecule has 1 unspecified atom stereocenters. The highest BCUT2D eigenvalue weighted by atomic mass is 35.5. The minimum absolute atomic E-state index is 0. The van der Waals surface area contributed by atoms with Crippen molar-refractivity contribution in [1.82, 2.24) is 5.32 Å². The maximum Gasteiger partial charge on any atom is 0.118 e. The minimum atomic E-state index is 0. The molecule has 0 aliphatic heterocycles. The number of hydrogen-bond acceptors (Lipinski definition) is 2. The first-order valence-electron chi connectivity index (χ1n) is 9.66. The van der Waals surface area contributed by atoms with Gasteiger partial charge in [-0.2, -0.15) is 0 Å². The lowest BCUT2D eigenvalue weighted by atomic mass is 9.73. The van der Waals surface area contributed by atoms with E-state index in [1.807, 2.05) is 0 Å². The van der Waals surface area contributed by atoms with E-state index in [2.05, 4.69) is 66.8 Å². The van der Waals surface area contributed by atoms with Crippen molar-refractivity contribution in [2.75, 3.05) is 13.7 Å². The molecule has 2 nitrogen and oxygen atoms in total. The molecule has 3 rings (SSSR count). The topological polar surface area (TPSA) is 21.3 Å². The third-order valence-corrected chi connectivity index (χ3v) is 5.80. The van der Waals surface area contributed by atoms with Gasteiger partial charge in [0, 0.05) is 11.5 Å². The molecule has 0 spiro atoms. The van der Waals surface area contributed by atoms with Crippen LogP contribution >= 0.6 is 12.4 Å². The van der Waals surface area contributed by atoms with Gasteiger partial charge in [-0.25, -0.2) is 0 Å². The average Bonchev–Trinajstić information content (AvgIpc) is 2.69. The summed E-state index contributed by atoms with van der Waals surface area (Å²) in [6, 6.07) is 20.2. The zero-order valence-electron chi connectivity index (χ0n) is 16.0. The van der Waals surface area contributed by atoms with E-state index in [4.69, 9.17) is 4.74 Å². The molecular formula is C23H32ClNO. The molecule has 1 saturated carbocycles. The summed E-state index contributed by atoms with van der Waals surface area (Å²) < 4.78 is 5.34. The van der Waals surface area contributed by atoms with Crippen LogP contribution < -0.4 is 10.1 Å². The summed E-state index contributed by atoms with van der Waals surface area (Å²) >= 11 is 0. The van der Waals surface area contributed by atoms with Gasteiger partial charge in [0.25, 0.3) is 0 Å². The van der Waals surface area contributed by atoms with Crippen molar-refractivity contribution < 1.29 is 4.74 Å². The van der Waals surface area contributed by atoms with Crippen LogP contribution in [0.25, 0.3) is 0 Å². The summed E-state index contributed by atoms with van der Waals surface area (Å²) in [6.45, 7) is 3.43.